The second-order valence-corrected chi connectivity index (χ2v) is 7.08. The lowest BCUT2D eigenvalue weighted by atomic mass is 10.7. The van der Waals surface area contributed by atoms with E-state index in [1.54, 1.807) is 0 Å². The molecule has 0 unspecified atom stereocenters. The van der Waals surface area contributed by atoms with Gasteiger partial charge in [-0.15, -0.1) is 0 Å². The molecule has 0 spiro atoms. The molecule has 0 bridgehead atoms. The molecule has 0 aromatic carbocycles. The molecule has 0 saturated heterocycles. The highest BCUT2D eigenvalue weighted by Gasteiger charge is 2.28. The van der Waals surface area contributed by atoms with Gasteiger partial charge in [0.2, 0.25) is 9.84 Å². The van der Waals surface area contributed by atoms with Gasteiger partial charge in [0.15, 0.2) is 9.84 Å². The van der Waals surface area contributed by atoms with E-state index in [2.05, 4.69) is 4.99 Å². The molecule has 1 rings (SSSR count). The summed E-state index contributed by atoms with van der Waals surface area (Å²) in [5.74, 6) is -0.476. The normalized spacial score (nSPS) is 21.1. The van der Waals surface area contributed by atoms with Crippen molar-refractivity contribution in [3.63, 3.8) is 0 Å². The van der Waals surface area contributed by atoms with Crippen molar-refractivity contribution in [2.45, 2.75) is 6.92 Å². The van der Waals surface area contributed by atoms with Gasteiger partial charge in [-0.1, -0.05) is 0 Å². The van der Waals surface area contributed by atoms with Gasteiger partial charge in [-0.2, -0.15) is 0 Å². The van der Waals surface area contributed by atoms with Crippen LogP contribution in [0.15, 0.2) is 16.1 Å². The Labute approximate surface area is 77.0 Å². The zero-order chi connectivity index (χ0) is 10.3. The van der Waals surface area contributed by atoms with E-state index in [1.807, 2.05) is 0 Å². The molecule has 1 aliphatic rings. The minimum Gasteiger partial charge on any atom is -0.248 e. The van der Waals surface area contributed by atoms with E-state index in [4.69, 9.17) is 0 Å². The highest BCUT2D eigenvalue weighted by atomic mass is 32.2. The van der Waals surface area contributed by atoms with Gasteiger partial charge in [0.1, 0.15) is 5.04 Å². The third kappa shape index (κ3) is 2.16. The van der Waals surface area contributed by atoms with Crippen LogP contribution in [-0.2, 0) is 19.7 Å². The third-order valence-electron chi connectivity index (χ3n) is 1.53. The van der Waals surface area contributed by atoms with E-state index in [9.17, 15) is 16.8 Å². The van der Waals surface area contributed by atoms with Gasteiger partial charge < -0.3 is 0 Å². The van der Waals surface area contributed by atoms with E-state index in [0.29, 0.717) is 0 Å². The van der Waals surface area contributed by atoms with Crippen LogP contribution in [-0.4, -0.2) is 33.9 Å². The summed E-state index contributed by atoms with van der Waals surface area (Å²) >= 11 is 0. The number of hydrogen-bond acceptors (Lipinski definition) is 5. The molecule has 0 atom stereocenters. The van der Waals surface area contributed by atoms with Crippen molar-refractivity contribution in [1.29, 1.82) is 0 Å². The Bertz CT molecular complexity index is 481. The summed E-state index contributed by atoms with van der Waals surface area (Å²) in [4.78, 5) is 3.41. The number of rotatable bonds is 2. The van der Waals surface area contributed by atoms with Crippen LogP contribution in [0.25, 0.3) is 0 Å². The first-order chi connectivity index (χ1) is 5.73. The molecule has 1 aliphatic heterocycles. The van der Waals surface area contributed by atoms with Gasteiger partial charge in [0.25, 0.3) is 0 Å². The van der Waals surface area contributed by atoms with Gasteiger partial charge in [0, 0.05) is 12.5 Å². The smallest absolute Gasteiger partial charge is 0.218 e. The SMILES string of the molecule is CC1=NC=C(CS(C)(=O)=O)S1(=O)=O. The van der Waals surface area contributed by atoms with Crippen LogP contribution in [0.2, 0.25) is 0 Å². The van der Waals surface area contributed by atoms with Crippen LogP contribution in [0.3, 0.4) is 0 Å². The lowest BCUT2D eigenvalue weighted by molar-refractivity contribution is 0.600. The van der Waals surface area contributed by atoms with Crippen LogP contribution in [0, 0.1) is 0 Å². The molecular formula is C6H9NO4S2. The van der Waals surface area contributed by atoms with Gasteiger partial charge in [-0.05, 0) is 6.92 Å². The Morgan fingerprint density at radius 1 is 1.46 bits per heavy atom. The molecule has 74 valence electrons. The van der Waals surface area contributed by atoms with E-state index >= 15 is 0 Å². The maximum atomic E-state index is 11.3. The predicted molar refractivity (Wildman–Crippen MR) is 49.8 cm³/mol. The summed E-state index contributed by atoms with van der Waals surface area (Å²) in [5.41, 5.74) is 0. The Kier molecular flexibility index (Phi) is 2.33. The molecule has 0 aliphatic carbocycles. The number of nitrogens with zero attached hydrogens (tertiary/aromatic N) is 1. The summed E-state index contributed by atoms with van der Waals surface area (Å²) in [6.07, 6.45) is 2.07. The molecule has 5 nitrogen and oxygen atoms in total. The van der Waals surface area contributed by atoms with Crippen LogP contribution >= 0.6 is 0 Å². The van der Waals surface area contributed by atoms with Crippen molar-refractivity contribution in [1.82, 2.24) is 0 Å². The van der Waals surface area contributed by atoms with Gasteiger partial charge >= 0.3 is 0 Å². The third-order valence-corrected chi connectivity index (χ3v) is 4.37. The Hall–Kier alpha value is -0.690. The van der Waals surface area contributed by atoms with Crippen molar-refractivity contribution >= 4 is 24.7 Å². The van der Waals surface area contributed by atoms with Crippen molar-refractivity contribution in [2.75, 3.05) is 12.0 Å². The van der Waals surface area contributed by atoms with Gasteiger partial charge in [-0.3, -0.25) is 0 Å². The van der Waals surface area contributed by atoms with Crippen molar-refractivity contribution in [2.24, 2.45) is 4.99 Å². The van der Waals surface area contributed by atoms with E-state index < -0.39 is 25.4 Å². The molecule has 0 radical (unpaired) electrons. The molecule has 0 aromatic heterocycles. The monoisotopic (exact) mass is 223 g/mol. The molecule has 1 heterocycles. The molecule has 13 heavy (non-hydrogen) atoms. The van der Waals surface area contributed by atoms with E-state index in [-0.39, 0.29) is 9.95 Å². The molecule has 0 N–H and O–H groups in total. The Morgan fingerprint density at radius 3 is 2.31 bits per heavy atom. The standard InChI is InChI=1S/C6H9NO4S2/c1-5-7-3-6(13(5,10)11)4-12(2,8)9/h3H,4H2,1-2H3. The fourth-order valence-electron chi connectivity index (χ4n) is 0.865. The minimum absolute atomic E-state index is 0.0499. The first-order valence-electron chi connectivity index (χ1n) is 3.40. The summed E-state index contributed by atoms with van der Waals surface area (Å²) < 4.78 is 44.3. The molecule has 0 saturated carbocycles. The molecule has 0 aromatic rings. The van der Waals surface area contributed by atoms with Crippen molar-refractivity contribution in [3.05, 3.63) is 11.1 Å². The fourth-order valence-corrected chi connectivity index (χ4v) is 3.48. The van der Waals surface area contributed by atoms with Crippen LogP contribution in [0.4, 0.5) is 0 Å². The Morgan fingerprint density at radius 2 is 2.00 bits per heavy atom. The highest BCUT2D eigenvalue weighted by molar-refractivity contribution is 8.10. The zero-order valence-electron chi connectivity index (χ0n) is 7.18. The number of aliphatic imine (C=N–C) groups is 1. The first kappa shape index (κ1) is 10.4. The second kappa shape index (κ2) is 2.91. The maximum absolute atomic E-state index is 11.3. The molecule has 0 fully saturated rings. The lowest BCUT2D eigenvalue weighted by Crippen LogP contribution is -2.16. The number of hydrogen-bond donors (Lipinski definition) is 0. The van der Waals surface area contributed by atoms with Crippen molar-refractivity contribution < 1.29 is 16.8 Å². The second-order valence-electron chi connectivity index (χ2n) is 2.82. The maximum Gasteiger partial charge on any atom is 0.218 e. The lowest BCUT2D eigenvalue weighted by Gasteiger charge is -1.99. The zero-order valence-corrected chi connectivity index (χ0v) is 8.81. The van der Waals surface area contributed by atoms with E-state index in [1.165, 1.54) is 6.92 Å². The van der Waals surface area contributed by atoms with Crippen molar-refractivity contribution in [3.8, 4) is 0 Å². The summed E-state index contributed by atoms with van der Waals surface area (Å²) in [7, 11) is -6.89. The van der Waals surface area contributed by atoms with Gasteiger partial charge in [0.05, 0.1) is 10.7 Å². The Balaban J connectivity index is 3.05. The topological polar surface area (TPSA) is 80.6 Å². The fraction of sp³-hybridized carbons (Fsp3) is 0.500. The summed E-state index contributed by atoms with van der Waals surface area (Å²) in [6, 6.07) is 0. The molecule has 7 heteroatoms. The average molecular weight is 223 g/mol. The average Bonchev–Trinajstić information content (AvgIpc) is 2.13. The largest absolute Gasteiger partial charge is 0.248 e. The van der Waals surface area contributed by atoms with Crippen LogP contribution in [0.5, 0.6) is 0 Å². The van der Waals surface area contributed by atoms with Crippen LogP contribution < -0.4 is 0 Å². The molecular weight excluding hydrogens is 214 g/mol. The molecule has 0 amide bonds. The quantitative estimate of drug-likeness (QED) is 0.644. The first-order valence-corrected chi connectivity index (χ1v) is 6.94. The number of sulfone groups is 2. The van der Waals surface area contributed by atoms with Gasteiger partial charge in [-0.25, -0.2) is 21.8 Å². The summed E-state index contributed by atoms with van der Waals surface area (Å²) in [6.45, 7) is 1.33. The minimum atomic E-state index is -3.57. The summed E-state index contributed by atoms with van der Waals surface area (Å²) in [5, 5.41) is -0.0499. The van der Waals surface area contributed by atoms with E-state index in [0.717, 1.165) is 12.5 Å². The van der Waals surface area contributed by atoms with Crippen LogP contribution in [0.1, 0.15) is 6.92 Å². The predicted octanol–water partition coefficient (Wildman–Crippen LogP) is -0.281. The highest BCUT2D eigenvalue weighted by Crippen LogP contribution is 2.18.